The Bertz CT molecular complexity index is 770. The first kappa shape index (κ1) is 17.2. The molecule has 3 rings (SSSR count). The van der Waals surface area contributed by atoms with Gasteiger partial charge in [-0.05, 0) is 37.1 Å². The van der Waals surface area contributed by atoms with Crippen LogP contribution in [0.3, 0.4) is 0 Å². The number of phenolic OH excluding ortho intramolecular Hbond substituents is 1. The lowest BCUT2D eigenvalue weighted by Crippen LogP contribution is -2.21. The lowest BCUT2D eigenvalue weighted by Gasteiger charge is -2.21. The minimum atomic E-state index is 0.179. The molecule has 0 saturated heterocycles. The molecule has 2 nitrogen and oxygen atoms in total. The van der Waals surface area contributed by atoms with E-state index >= 15 is 0 Å². The topological polar surface area (TPSA) is 32.3 Å². The second kappa shape index (κ2) is 8.50. The molecule has 0 fully saturated rings. The first-order valence-corrected chi connectivity index (χ1v) is 8.87. The van der Waals surface area contributed by atoms with E-state index in [1.54, 1.807) is 6.07 Å². The van der Waals surface area contributed by atoms with Gasteiger partial charge in [0, 0.05) is 17.5 Å². The lowest BCUT2D eigenvalue weighted by atomic mass is 9.88. The molecule has 0 amide bonds. The van der Waals surface area contributed by atoms with Crippen LogP contribution in [0.15, 0.2) is 84.9 Å². The molecule has 0 aliphatic carbocycles. The summed E-state index contributed by atoms with van der Waals surface area (Å²) in [6.07, 6.45) is 0.929. The third-order valence-corrected chi connectivity index (χ3v) is 4.70. The molecule has 0 aromatic heterocycles. The number of benzene rings is 3. The average molecular weight is 331 g/mol. The molecular formula is C23H25NO. The molecule has 0 spiro atoms. The van der Waals surface area contributed by atoms with E-state index in [0.717, 1.165) is 18.5 Å². The van der Waals surface area contributed by atoms with Crippen molar-refractivity contribution in [3.8, 4) is 5.75 Å². The Morgan fingerprint density at radius 1 is 0.760 bits per heavy atom. The summed E-state index contributed by atoms with van der Waals surface area (Å²) >= 11 is 0. The minimum absolute atomic E-state index is 0.179. The van der Waals surface area contributed by atoms with Gasteiger partial charge in [-0.2, -0.15) is 0 Å². The standard InChI is InChI=1S/C23H25NO/c1-18(19-10-4-2-5-11-19)24-17-16-21(20-12-6-3-7-13-20)22-14-8-9-15-23(22)25/h2-15,18,21,24-25H,16-17H2,1H3/t18-,21+/m0/s1. The second-order valence-corrected chi connectivity index (χ2v) is 6.40. The Kier molecular flexibility index (Phi) is 5.86. The average Bonchev–Trinajstić information content (AvgIpc) is 2.67. The SMILES string of the molecule is C[C@H](NCC[C@H](c1ccccc1)c1ccccc1O)c1ccccc1. The van der Waals surface area contributed by atoms with Gasteiger partial charge in [0.15, 0.2) is 0 Å². The molecule has 2 heteroatoms. The zero-order valence-corrected chi connectivity index (χ0v) is 14.6. The number of para-hydroxylation sites is 1. The van der Waals surface area contributed by atoms with E-state index in [2.05, 4.69) is 60.8 Å². The van der Waals surface area contributed by atoms with E-state index in [0.29, 0.717) is 11.8 Å². The van der Waals surface area contributed by atoms with Gasteiger partial charge in [-0.15, -0.1) is 0 Å². The molecule has 0 heterocycles. The van der Waals surface area contributed by atoms with Crippen LogP contribution in [0.25, 0.3) is 0 Å². The van der Waals surface area contributed by atoms with Gasteiger partial charge in [-0.1, -0.05) is 78.9 Å². The molecular weight excluding hydrogens is 306 g/mol. The van der Waals surface area contributed by atoms with Crippen LogP contribution in [0.4, 0.5) is 0 Å². The third kappa shape index (κ3) is 4.49. The fraction of sp³-hybridized carbons (Fsp3) is 0.217. The fourth-order valence-corrected chi connectivity index (χ4v) is 3.27. The van der Waals surface area contributed by atoms with Crippen LogP contribution in [0.2, 0.25) is 0 Å². The van der Waals surface area contributed by atoms with Crippen LogP contribution in [0.5, 0.6) is 5.75 Å². The van der Waals surface area contributed by atoms with E-state index in [4.69, 9.17) is 0 Å². The molecule has 0 radical (unpaired) electrons. The Labute approximate surface area is 150 Å². The summed E-state index contributed by atoms with van der Waals surface area (Å²) in [7, 11) is 0. The van der Waals surface area contributed by atoms with Crippen LogP contribution in [0, 0.1) is 0 Å². The van der Waals surface area contributed by atoms with Crippen LogP contribution < -0.4 is 5.32 Å². The summed E-state index contributed by atoms with van der Waals surface area (Å²) in [6.45, 7) is 3.07. The highest BCUT2D eigenvalue weighted by Gasteiger charge is 2.17. The molecule has 25 heavy (non-hydrogen) atoms. The normalized spacial score (nSPS) is 13.3. The summed E-state index contributed by atoms with van der Waals surface area (Å²) in [5.41, 5.74) is 3.52. The zero-order valence-electron chi connectivity index (χ0n) is 14.6. The molecule has 0 saturated carbocycles. The molecule has 0 aliphatic rings. The lowest BCUT2D eigenvalue weighted by molar-refractivity contribution is 0.459. The van der Waals surface area contributed by atoms with Gasteiger partial charge < -0.3 is 10.4 Å². The van der Waals surface area contributed by atoms with Crippen molar-refractivity contribution in [1.82, 2.24) is 5.32 Å². The third-order valence-electron chi connectivity index (χ3n) is 4.70. The minimum Gasteiger partial charge on any atom is -0.508 e. The van der Waals surface area contributed by atoms with Crippen molar-refractivity contribution in [2.24, 2.45) is 0 Å². The van der Waals surface area contributed by atoms with Crippen molar-refractivity contribution < 1.29 is 5.11 Å². The van der Waals surface area contributed by atoms with Crippen LogP contribution in [-0.2, 0) is 0 Å². The van der Waals surface area contributed by atoms with Gasteiger partial charge >= 0.3 is 0 Å². The van der Waals surface area contributed by atoms with Gasteiger partial charge in [0.2, 0.25) is 0 Å². The maximum atomic E-state index is 10.3. The van der Waals surface area contributed by atoms with E-state index in [1.807, 2.05) is 30.3 Å². The predicted molar refractivity (Wildman–Crippen MR) is 104 cm³/mol. The summed E-state index contributed by atoms with van der Waals surface area (Å²) in [6, 6.07) is 28.9. The molecule has 3 aromatic rings. The van der Waals surface area contributed by atoms with Crippen LogP contribution in [0.1, 0.15) is 42.0 Å². The maximum Gasteiger partial charge on any atom is 0.119 e. The predicted octanol–water partition coefficient (Wildman–Crippen LogP) is 5.27. The fourth-order valence-electron chi connectivity index (χ4n) is 3.27. The molecule has 2 atom stereocenters. The monoisotopic (exact) mass is 331 g/mol. The van der Waals surface area contributed by atoms with Crippen molar-refractivity contribution >= 4 is 0 Å². The summed E-state index contributed by atoms with van der Waals surface area (Å²) < 4.78 is 0. The van der Waals surface area contributed by atoms with Crippen LogP contribution in [-0.4, -0.2) is 11.7 Å². The molecule has 0 aliphatic heterocycles. The van der Waals surface area contributed by atoms with Crippen molar-refractivity contribution in [3.63, 3.8) is 0 Å². The van der Waals surface area contributed by atoms with Gasteiger partial charge in [-0.25, -0.2) is 0 Å². The van der Waals surface area contributed by atoms with Crippen LogP contribution >= 0.6 is 0 Å². The van der Waals surface area contributed by atoms with E-state index in [-0.39, 0.29) is 5.92 Å². The molecule has 128 valence electrons. The van der Waals surface area contributed by atoms with E-state index in [9.17, 15) is 5.11 Å². The largest absolute Gasteiger partial charge is 0.508 e. The molecule has 0 bridgehead atoms. The van der Waals surface area contributed by atoms with Crippen molar-refractivity contribution in [1.29, 1.82) is 0 Å². The summed E-state index contributed by atoms with van der Waals surface area (Å²) in [4.78, 5) is 0. The van der Waals surface area contributed by atoms with E-state index in [1.165, 1.54) is 11.1 Å². The van der Waals surface area contributed by atoms with Gasteiger partial charge in [0.25, 0.3) is 0 Å². The second-order valence-electron chi connectivity index (χ2n) is 6.40. The Balaban J connectivity index is 1.72. The highest BCUT2D eigenvalue weighted by atomic mass is 16.3. The Morgan fingerprint density at radius 2 is 1.32 bits per heavy atom. The van der Waals surface area contributed by atoms with Gasteiger partial charge in [0.05, 0.1) is 0 Å². The number of hydrogen-bond acceptors (Lipinski definition) is 2. The Hall–Kier alpha value is -2.58. The number of phenols is 1. The summed E-state index contributed by atoms with van der Waals surface area (Å²) in [5, 5.41) is 13.9. The van der Waals surface area contributed by atoms with E-state index < -0.39 is 0 Å². The number of nitrogens with one attached hydrogen (secondary N) is 1. The number of rotatable bonds is 7. The molecule has 3 aromatic carbocycles. The zero-order chi connectivity index (χ0) is 17.5. The van der Waals surface area contributed by atoms with Crippen molar-refractivity contribution in [2.75, 3.05) is 6.54 Å². The highest BCUT2D eigenvalue weighted by molar-refractivity contribution is 5.41. The first-order chi connectivity index (χ1) is 12.3. The smallest absolute Gasteiger partial charge is 0.119 e. The maximum absolute atomic E-state index is 10.3. The Morgan fingerprint density at radius 3 is 1.96 bits per heavy atom. The van der Waals surface area contributed by atoms with Gasteiger partial charge in [0.1, 0.15) is 5.75 Å². The van der Waals surface area contributed by atoms with Crippen molar-refractivity contribution in [3.05, 3.63) is 102 Å². The number of hydrogen-bond donors (Lipinski definition) is 2. The molecule has 0 unspecified atom stereocenters. The number of aromatic hydroxyl groups is 1. The quantitative estimate of drug-likeness (QED) is 0.618. The highest BCUT2D eigenvalue weighted by Crippen LogP contribution is 2.33. The van der Waals surface area contributed by atoms with Gasteiger partial charge in [-0.3, -0.25) is 0 Å². The van der Waals surface area contributed by atoms with Crippen molar-refractivity contribution in [2.45, 2.75) is 25.3 Å². The first-order valence-electron chi connectivity index (χ1n) is 8.87. The summed E-state index contributed by atoms with van der Waals surface area (Å²) in [5.74, 6) is 0.547. The molecule has 2 N–H and O–H groups in total.